The molecule has 0 aliphatic carbocycles. The first-order chi connectivity index (χ1) is 6.31. The third-order valence-electron chi connectivity index (χ3n) is 2.32. The molecule has 1 fully saturated rings. The van der Waals surface area contributed by atoms with Crippen LogP contribution in [0.5, 0.6) is 0 Å². The van der Waals surface area contributed by atoms with E-state index < -0.39 is 0 Å². The van der Waals surface area contributed by atoms with E-state index in [1.165, 1.54) is 0 Å². The molecule has 2 heterocycles. The zero-order chi connectivity index (χ0) is 9.26. The maximum absolute atomic E-state index is 9.10. The summed E-state index contributed by atoms with van der Waals surface area (Å²) in [5, 5.41) is 11.7. The van der Waals surface area contributed by atoms with Crippen LogP contribution in [0.1, 0.15) is 17.4 Å². The van der Waals surface area contributed by atoms with Gasteiger partial charge in [-0.2, -0.15) is 0 Å². The average molecular weight is 219 g/mol. The molecule has 13 heavy (non-hydrogen) atoms. The minimum atomic E-state index is 0.0579. The Morgan fingerprint density at radius 3 is 3.15 bits per heavy atom. The normalized spacial score (nSPS) is 28.2. The number of hydrogen-bond acceptors (Lipinski definition) is 3. The molecule has 1 N–H and O–H groups in total. The van der Waals surface area contributed by atoms with Gasteiger partial charge in [0.2, 0.25) is 0 Å². The van der Waals surface area contributed by atoms with Gasteiger partial charge in [-0.3, -0.25) is 0 Å². The van der Waals surface area contributed by atoms with E-state index in [4.69, 9.17) is 21.4 Å². The van der Waals surface area contributed by atoms with Gasteiger partial charge in [-0.15, -0.1) is 11.3 Å². The van der Waals surface area contributed by atoms with Gasteiger partial charge < -0.3 is 9.84 Å². The fourth-order valence-corrected chi connectivity index (χ4v) is 2.83. The van der Waals surface area contributed by atoms with Gasteiger partial charge in [0.05, 0.1) is 11.1 Å². The van der Waals surface area contributed by atoms with Crippen LogP contribution >= 0.6 is 22.9 Å². The Balaban J connectivity index is 2.15. The summed E-state index contributed by atoms with van der Waals surface area (Å²) in [6.07, 6.45) is 0.999. The van der Waals surface area contributed by atoms with Gasteiger partial charge >= 0.3 is 0 Å². The van der Waals surface area contributed by atoms with Crippen molar-refractivity contribution in [3.8, 4) is 0 Å². The van der Waals surface area contributed by atoms with E-state index in [0.717, 1.165) is 22.9 Å². The van der Waals surface area contributed by atoms with Crippen molar-refractivity contribution < 1.29 is 9.84 Å². The van der Waals surface area contributed by atoms with Gasteiger partial charge in [-0.1, -0.05) is 11.6 Å². The fraction of sp³-hybridized carbons (Fsp3) is 0.556. The maximum atomic E-state index is 9.10. The number of hydrogen-bond donors (Lipinski definition) is 1. The lowest BCUT2D eigenvalue weighted by Crippen LogP contribution is -2.09. The maximum Gasteiger partial charge on any atom is 0.0968 e. The van der Waals surface area contributed by atoms with Crippen molar-refractivity contribution in [2.45, 2.75) is 12.5 Å². The molecule has 4 heteroatoms. The summed E-state index contributed by atoms with van der Waals surface area (Å²) in [6.45, 7) is 0.936. The van der Waals surface area contributed by atoms with Gasteiger partial charge in [0, 0.05) is 29.4 Å². The summed E-state index contributed by atoms with van der Waals surface area (Å²) < 4.78 is 5.55. The van der Waals surface area contributed by atoms with E-state index in [-0.39, 0.29) is 18.6 Å². The molecular weight excluding hydrogens is 208 g/mol. The zero-order valence-electron chi connectivity index (χ0n) is 7.07. The highest BCUT2D eigenvalue weighted by molar-refractivity contribution is 7.10. The molecule has 2 unspecified atom stereocenters. The smallest absolute Gasteiger partial charge is 0.0968 e. The molecule has 2 rings (SSSR count). The molecule has 0 aromatic carbocycles. The Labute approximate surface area is 86.1 Å². The quantitative estimate of drug-likeness (QED) is 0.827. The second-order valence-electron chi connectivity index (χ2n) is 3.19. The second-order valence-corrected chi connectivity index (χ2v) is 4.57. The van der Waals surface area contributed by atoms with Gasteiger partial charge in [0.25, 0.3) is 0 Å². The Kier molecular flexibility index (Phi) is 2.89. The summed E-state index contributed by atoms with van der Waals surface area (Å²) >= 11 is 7.42. The third kappa shape index (κ3) is 1.89. The number of thiophene rings is 1. The first kappa shape index (κ1) is 9.46. The molecule has 0 spiro atoms. The molecule has 1 aromatic rings. The SMILES string of the molecule is OCC1CCOC1c1cc(Cl)cs1. The monoisotopic (exact) mass is 218 g/mol. The van der Waals surface area contributed by atoms with Gasteiger partial charge in [0.1, 0.15) is 0 Å². The second kappa shape index (κ2) is 3.96. The molecule has 1 saturated heterocycles. The Morgan fingerprint density at radius 2 is 2.54 bits per heavy atom. The van der Waals surface area contributed by atoms with E-state index in [1.54, 1.807) is 11.3 Å². The molecule has 1 aliphatic rings. The first-order valence-corrected chi connectivity index (χ1v) is 5.53. The molecule has 2 atom stereocenters. The first-order valence-electron chi connectivity index (χ1n) is 4.27. The Hall–Kier alpha value is -0.0900. The third-order valence-corrected chi connectivity index (χ3v) is 3.66. The van der Waals surface area contributed by atoms with Crippen LogP contribution in [0.25, 0.3) is 0 Å². The van der Waals surface area contributed by atoms with Crippen molar-refractivity contribution in [2.75, 3.05) is 13.2 Å². The van der Waals surface area contributed by atoms with Crippen LogP contribution in [0, 0.1) is 5.92 Å². The van der Waals surface area contributed by atoms with Crippen LogP contribution in [0.15, 0.2) is 11.4 Å². The number of ether oxygens (including phenoxy) is 1. The van der Waals surface area contributed by atoms with Gasteiger partial charge in [-0.05, 0) is 12.5 Å². The predicted octanol–water partition coefficient (Wildman–Crippen LogP) is 2.47. The van der Waals surface area contributed by atoms with E-state index >= 15 is 0 Å². The van der Waals surface area contributed by atoms with Gasteiger partial charge in [0.15, 0.2) is 0 Å². The molecular formula is C9H11ClO2S. The number of rotatable bonds is 2. The van der Waals surface area contributed by atoms with Crippen LogP contribution < -0.4 is 0 Å². The van der Waals surface area contributed by atoms with Crippen molar-refractivity contribution in [3.63, 3.8) is 0 Å². The molecule has 0 amide bonds. The lowest BCUT2D eigenvalue weighted by Gasteiger charge is -2.13. The largest absolute Gasteiger partial charge is 0.396 e. The molecule has 72 valence electrons. The summed E-state index contributed by atoms with van der Waals surface area (Å²) in [5.41, 5.74) is 0. The Bertz CT molecular complexity index is 287. The van der Waals surface area contributed by atoms with Crippen molar-refractivity contribution in [1.29, 1.82) is 0 Å². The van der Waals surface area contributed by atoms with Crippen molar-refractivity contribution in [2.24, 2.45) is 5.92 Å². The van der Waals surface area contributed by atoms with E-state index in [2.05, 4.69) is 0 Å². The van der Waals surface area contributed by atoms with Crippen LogP contribution in [0.2, 0.25) is 5.02 Å². The molecule has 0 radical (unpaired) electrons. The van der Waals surface area contributed by atoms with Crippen LogP contribution in [0.3, 0.4) is 0 Å². The van der Waals surface area contributed by atoms with Crippen LogP contribution in [-0.2, 0) is 4.74 Å². The highest BCUT2D eigenvalue weighted by Crippen LogP contribution is 2.38. The minimum absolute atomic E-state index is 0.0579. The summed E-state index contributed by atoms with van der Waals surface area (Å²) in [7, 11) is 0. The molecule has 1 aromatic heterocycles. The Morgan fingerprint density at radius 1 is 1.69 bits per heavy atom. The number of halogens is 1. The topological polar surface area (TPSA) is 29.5 Å². The molecule has 2 nitrogen and oxygen atoms in total. The highest BCUT2D eigenvalue weighted by atomic mass is 35.5. The number of aliphatic hydroxyl groups is 1. The lowest BCUT2D eigenvalue weighted by molar-refractivity contribution is 0.0747. The standard InChI is InChI=1S/C9H11ClO2S/c10-7-3-8(13-5-7)9-6(4-11)1-2-12-9/h3,5-6,9,11H,1-2,4H2. The van der Waals surface area contributed by atoms with Crippen molar-refractivity contribution >= 4 is 22.9 Å². The zero-order valence-corrected chi connectivity index (χ0v) is 8.64. The highest BCUT2D eigenvalue weighted by Gasteiger charge is 2.29. The van der Waals surface area contributed by atoms with Gasteiger partial charge in [-0.25, -0.2) is 0 Å². The molecule has 1 aliphatic heterocycles. The van der Waals surface area contributed by atoms with Crippen LogP contribution in [-0.4, -0.2) is 18.3 Å². The average Bonchev–Trinajstić information content (AvgIpc) is 2.71. The van der Waals surface area contributed by atoms with E-state index in [0.29, 0.717) is 0 Å². The van der Waals surface area contributed by atoms with E-state index in [1.807, 2.05) is 11.4 Å². The number of aliphatic hydroxyl groups excluding tert-OH is 1. The minimum Gasteiger partial charge on any atom is -0.396 e. The molecule has 0 bridgehead atoms. The molecule has 0 saturated carbocycles. The van der Waals surface area contributed by atoms with Crippen molar-refractivity contribution in [3.05, 3.63) is 21.3 Å². The summed E-state index contributed by atoms with van der Waals surface area (Å²) in [5.74, 6) is 0.245. The van der Waals surface area contributed by atoms with E-state index in [9.17, 15) is 0 Å². The van der Waals surface area contributed by atoms with Crippen LogP contribution in [0.4, 0.5) is 0 Å². The lowest BCUT2D eigenvalue weighted by atomic mass is 10.0. The summed E-state index contributed by atoms with van der Waals surface area (Å²) in [6, 6.07) is 1.92. The fourth-order valence-electron chi connectivity index (χ4n) is 1.61. The summed E-state index contributed by atoms with van der Waals surface area (Å²) in [4.78, 5) is 1.13. The van der Waals surface area contributed by atoms with Crippen molar-refractivity contribution in [1.82, 2.24) is 0 Å². The predicted molar refractivity (Wildman–Crippen MR) is 53.2 cm³/mol.